The normalized spacial score (nSPS) is 24.4. The minimum atomic E-state index is -0.469. The SMILES string of the molecule is CC(C)(C)OC(=O)N1C[C@@H]2[C@@H](CNC(=O)/C=C/c3ccc(N)nc3)[C@@H]2C1. The lowest BCUT2D eigenvalue weighted by atomic mass is 10.2. The molecule has 3 rings (SSSR count). The summed E-state index contributed by atoms with van der Waals surface area (Å²) in [5.74, 6) is 1.70. The fourth-order valence-corrected chi connectivity index (χ4v) is 3.39. The zero-order valence-electron chi connectivity index (χ0n) is 15.4. The second kappa shape index (κ2) is 6.97. The Morgan fingerprint density at radius 1 is 1.35 bits per heavy atom. The van der Waals surface area contributed by atoms with Crippen molar-refractivity contribution in [2.24, 2.45) is 17.8 Å². The van der Waals surface area contributed by atoms with Crippen molar-refractivity contribution in [1.29, 1.82) is 0 Å². The van der Waals surface area contributed by atoms with Gasteiger partial charge in [-0.2, -0.15) is 0 Å². The van der Waals surface area contributed by atoms with Crippen LogP contribution in [0.5, 0.6) is 0 Å². The van der Waals surface area contributed by atoms with Gasteiger partial charge in [0.15, 0.2) is 0 Å². The van der Waals surface area contributed by atoms with Crippen LogP contribution < -0.4 is 11.1 Å². The number of piperidine rings is 1. The standard InChI is InChI=1S/C19H26N4O3/c1-19(2,3)26-18(25)23-10-14-13(15(14)11-23)9-22-17(24)7-5-12-4-6-16(20)21-8-12/h4-8,13-15H,9-11H2,1-3H3,(H2,20,21)(H,22,24)/b7-5+/t13-,14-,15+. The van der Waals surface area contributed by atoms with Gasteiger partial charge in [-0.25, -0.2) is 9.78 Å². The summed E-state index contributed by atoms with van der Waals surface area (Å²) in [5, 5.41) is 2.93. The Morgan fingerprint density at radius 2 is 2.04 bits per heavy atom. The van der Waals surface area contributed by atoms with E-state index >= 15 is 0 Å². The van der Waals surface area contributed by atoms with Crippen LogP contribution in [-0.2, 0) is 9.53 Å². The molecule has 1 saturated carbocycles. The van der Waals surface area contributed by atoms with Crippen molar-refractivity contribution in [2.75, 3.05) is 25.4 Å². The smallest absolute Gasteiger partial charge is 0.410 e. The van der Waals surface area contributed by atoms with E-state index in [0.29, 0.717) is 43.2 Å². The topological polar surface area (TPSA) is 97.5 Å². The highest BCUT2D eigenvalue weighted by Crippen LogP contribution is 2.51. The van der Waals surface area contributed by atoms with Gasteiger partial charge in [-0.3, -0.25) is 4.79 Å². The van der Waals surface area contributed by atoms with E-state index in [1.807, 2.05) is 26.8 Å². The molecule has 2 amide bonds. The summed E-state index contributed by atoms with van der Waals surface area (Å²) in [7, 11) is 0. The lowest BCUT2D eigenvalue weighted by Gasteiger charge is -2.25. The average Bonchev–Trinajstić information content (AvgIpc) is 2.99. The van der Waals surface area contributed by atoms with Crippen LogP contribution in [0.3, 0.4) is 0 Å². The number of hydrogen-bond acceptors (Lipinski definition) is 5. The molecule has 2 aliphatic rings. The zero-order valence-corrected chi connectivity index (χ0v) is 15.4. The molecule has 1 aliphatic carbocycles. The molecule has 0 unspecified atom stereocenters. The highest BCUT2D eigenvalue weighted by molar-refractivity contribution is 5.91. The monoisotopic (exact) mass is 358 g/mol. The number of hydrogen-bond donors (Lipinski definition) is 2. The van der Waals surface area contributed by atoms with Crippen LogP contribution in [0.25, 0.3) is 6.08 Å². The Kier molecular flexibility index (Phi) is 4.89. The summed E-state index contributed by atoms with van der Waals surface area (Å²) in [6.45, 7) is 7.68. The number of carbonyl (C=O) groups is 2. The minimum Gasteiger partial charge on any atom is -0.444 e. The maximum Gasteiger partial charge on any atom is 0.410 e. The van der Waals surface area contributed by atoms with Gasteiger partial charge in [0, 0.05) is 31.9 Å². The number of nitrogens with zero attached hydrogens (tertiary/aromatic N) is 2. The number of nitrogen functional groups attached to an aromatic ring is 1. The Hall–Kier alpha value is -2.57. The molecule has 0 radical (unpaired) electrons. The van der Waals surface area contributed by atoms with Gasteiger partial charge in [-0.05, 0) is 62.3 Å². The van der Waals surface area contributed by atoms with Gasteiger partial charge in [0.2, 0.25) is 5.91 Å². The Balaban J connectivity index is 1.38. The first-order valence-corrected chi connectivity index (χ1v) is 8.88. The third kappa shape index (κ3) is 4.53. The first kappa shape index (κ1) is 18.2. The molecular weight excluding hydrogens is 332 g/mol. The third-order valence-corrected chi connectivity index (χ3v) is 4.77. The molecule has 2 fully saturated rings. The van der Waals surface area contributed by atoms with Gasteiger partial charge in [0.25, 0.3) is 0 Å². The van der Waals surface area contributed by atoms with Gasteiger partial charge in [-0.15, -0.1) is 0 Å². The van der Waals surface area contributed by atoms with Crippen LogP contribution in [0.15, 0.2) is 24.4 Å². The fourth-order valence-electron chi connectivity index (χ4n) is 3.39. The van der Waals surface area contributed by atoms with Crippen molar-refractivity contribution in [3.63, 3.8) is 0 Å². The number of anilines is 1. The summed E-state index contributed by atoms with van der Waals surface area (Å²) in [4.78, 5) is 29.7. The molecule has 0 bridgehead atoms. The van der Waals surface area contributed by atoms with Crippen molar-refractivity contribution in [2.45, 2.75) is 26.4 Å². The van der Waals surface area contributed by atoms with E-state index in [1.54, 1.807) is 23.2 Å². The summed E-state index contributed by atoms with van der Waals surface area (Å²) < 4.78 is 5.40. The van der Waals surface area contributed by atoms with Gasteiger partial charge in [-0.1, -0.05) is 0 Å². The van der Waals surface area contributed by atoms with Gasteiger partial charge >= 0.3 is 6.09 Å². The molecule has 3 N–H and O–H groups in total. The number of likely N-dealkylation sites (tertiary alicyclic amines) is 1. The van der Waals surface area contributed by atoms with Gasteiger partial charge < -0.3 is 20.7 Å². The maximum atomic E-state index is 12.1. The number of ether oxygens (including phenoxy) is 1. The summed E-state index contributed by atoms with van der Waals surface area (Å²) in [6.07, 6.45) is 4.58. The quantitative estimate of drug-likeness (QED) is 0.801. The molecule has 0 spiro atoms. The first-order valence-electron chi connectivity index (χ1n) is 8.88. The van der Waals surface area contributed by atoms with E-state index in [4.69, 9.17) is 10.5 Å². The molecule has 1 aromatic rings. The second-order valence-corrected chi connectivity index (χ2v) is 7.97. The van der Waals surface area contributed by atoms with Gasteiger partial charge in [0.1, 0.15) is 11.4 Å². The third-order valence-electron chi connectivity index (χ3n) is 4.77. The van der Waals surface area contributed by atoms with E-state index in [2.05, 4.69) is 10.3 Å². The van der Waals surface area contributed by atoms with E-state index in [0.717, 1.165) is 5.56 Å². The summed E-state index contributed by atoms with van der Waals surface area (Å²) in [6, 6.07) is 3.50. The molecule has 0 aromatic carbocycles. The lowest BCUT2D eigenvalue weighted by molar-refractivity contribution is -0.116. The van der Waals surface area contributed by atoms with Crippen molar-refractivity contribution in [3.8, 4) is 0 Å². The first-order chi connectivity index (χ1) is 12.2. The Labute approximate surface area is 153 Å². The van der Waals surface area contributed by atoms with E-state index in [-0.39, 0.29) is 12.0 Å². The van der Waals surface area contributed by atoms with Crippen molar-refractivity contribution in [1.82, 2.24) is 15.2 Å². The molecule has 7 heteroatoms. The molecule has 140 valence electrons. The van der Waals surface area contributed by atoms with Crippen LogP contribution in [0.1, 0.15) is 26.3 Å². The Morgan fingerprint density at radius 3 is 2.62 bits per heavy atom. The summed E-state index contributed by atoms with van der Waals surface area (Å²) >= 11 is 0. The van der Waals surface area contributed by atoms with E-state index in [1.165, 1.54) is 6.08 Å². The number of aromatic nitrogens is 1. The lowest BCUT2D eigenvalue weighted by Crippen LogP contribution is -2.38. The van der Waals surface area contributed by atoms with Crippen LogP contribution in [0, 0.1) is 17.8 Å². The molecule has 2 heterocycles. The summed E-state index contributed by atoms with van der Waals surface area (Å²) in [5.41, 5.74) is 5.88. The molecule has 3 atom stereocenters. The van der Waals surface area contributed by atoms with E-state index < -0.39 is 5.60 Å². The predicted octanol–water partition coefficient (Wildman–Crippen LogP) is 1.91. The van der Waals surface area contributed by atoms with Crippen LogP contribution in [-0.4, -0.2) is 47.1 Å². The average molecular weight is 358 g/mol. The van der Waals surface area contributed by atoms with Crippen LogP contribution in [0.4, 0.5) is 10.6 Å². The highest BCUT2D eigenvalue weighted by Gasteiger charge is 2.56. The number of rotatable bonds is 4. The minimum absolute atomic E-state index is 0.129. The number of amides is 2. The number of carbonyl (C=O) groups excluding carboxylic acids is 2. The number of pyridine rings is 1. The maximum absolute atomic E-state index is 12.1. The number of fused-ring (bicyclic) bond motifs is 1. The molecule has 26 heavy (non-hydrogen) atoms. The second-order valence-electron chi connectivity index (χ2n) is 7.97. The fraction of sp³-hybridized carbons (Fsp3) is 0.526. The number of nitrogens with two attached hydrogens (primary N) is 1. The molecule has 1 saturated heterocycles. The van der Waals surface area contributed by atoms with Crippen LogP contribution in [0.2, 0.25) is 0 Å². The Bertz CT molecular complexity index is 696. The van der Waals surface area contributed by atoms with Crippen molar-refractivity contribution in [3.05, 3.63) is 30.0 Å². The van der Waals surface area contributed by atoms with Crippen molar-refractivity contribution < 1.29 is 14.3 Å². The highest BCUT2D eigenvalue weighted by atomic mass is 16.6. The molecule has 7 nitrogen and oxygen atoms in total. The largest absolute Gasteiger partial charge is 0.444 e. The van der Waals surface area contributed by atoms with Crippen molar-refractivity contribution >= 4 is 23.9 Å². The predicted molar refractivity (Wildman–Crippen MR) is 99.0 cm³/mol. The zero-order chi connectivity index (χ0) is 18.9. The molecule has 1 aliphatic heterocycles. The molecule has 1 aromatic heterocycles. The van der Waals surface area contributed by atoms with Gasteiger partial charge in [0.05, 0.1) is 0 Å². The number of nitrogens with one attached hydrogen (secondary N) is 1. The van der Waals surface area contributed by atoms with E-state index in [9.17, 15) is 9.59 Å². The van der Waals surface area contributed by atoms with Crippen LogP contribution >= 0.6 is 0 Å². The molecular formula is C19H26N4O3.